The zero-order valence-electron chi connectivity index (χ0n) is 13.0. The van der Waals surface area contributed by atoms with Crippen molar-refractivity contribution in [1.82, 2.24) is 19.9 Å². The Morgan fingerprint density at radius 1 is 1.36 bits per heavy atom. The summed E-state index contributed by atoms with van der Waals surface area (Å²) >= 11 is 0. The minimum Gasteiger partial charge on any atom is -0.351 e. The van der Waals surface area contributed by atoms with Gasteiger partial charge in [-0.3, -0.25) is 19.1 Å². The molecule has 7 nitrogen and oxygen atoms in total. The molecule has 0 unspecified atom stereocenters. The topological polar surface area (TPSA) is 96.9 Å². The third-order valence-corrected chi connectivity index (χ3v) is 3.44. The van der Waals surface area contributed by atoms with Crippen molar-refractivity contribution in [2.45, 2.75) is 26.7 Å². The summed E-state index contributed by atoms with van der Waals surface area (Å²) < 4.78 is 1.21. The van der Waals surface area contributed by atoms with Crippen LogP contribution in [-0.2, 0) is 7.05 Å². The van der Waals surface area contributed by atoms with E-state index in [1.165, 1.54) is 23.7 Å². The van der Waals surface area contributed by atoms with E-state index in [2.05, 4.69) is 29.1 Å². The maximum absolute atomic E-state index is 12.1. The molecule has 2 heterocycles. The van der Waals surface area contributed by atoms with Crippen molar-refractivity contribution in [3.05, 3.63) is 38.7 Å². The second kappa shape index (κ2) is 6.55. The lowest BCUT2D eigenvalue weighted by Crippen LogP contribution is -2.30. The largest absolute Gasteiger partial charge is 0.351 e. The Morgan fingerprint density at radius 2 is 2.09 bits per heavy atom. The fourth-order valence-corrected chi connectivity index (χ4v) is 2.16. The monoisotopic (exact) mass is 304 g/mol. The van der Waals surface area contributed by atoms with Gasteiger partial charge in [-0.05, 0) is 30.9 Å². The molecular weight excluding hydrogens is 284 g/mol. The highest BCUT2D eigenvalue weighted by atomic mass is 16.2. The van der Waals surface area contributed by atoms with E-state index in [0.717, 1.165) is 12.8 Å². The quantitative estimate of drug-likeness (QED) is 0.798. The number of aryl methyl sites for hydroxylation is 1. The van der Waals surface area contributed by atoms with Crippen LogP contribution >= 0.6 is 0 Å². The van der Waals surface area contributed by atoms with Crippen LogP contribution in [0.4, 0.5) is 0 Å². The zero-order chi connectivity index (χ0) is 16.3. The first kappa shape index (κ1) is 15.9. The highest BCUT2D eigenvalue weighted by Crippen LogP contribution is 2.06. The molecule has 0 bridgehead atoms. The lowest BCUT2D eigenvalue weighted by Gasteiger charge is -2.08. The highest BCUT2D eigenvalue weighted by Gasteiger charge is 2.11. The summed E-state index contributed by atoms with van der Waals surface area (Å²) in [5.41, 5.74) is -0.671. The molecule has 22 heavy (non-hydrogen) atoms. The van der Waals surface area contributed by atoms with Crippen LogP contribution in [0.1, 0.15) is 37.2 Å². The summed E-state index contributed by atoms with van der Waals surface area (Å²) in [6, 6.07) is 2.99. The molecule has 0 aliphatic heterocycles. The molecule has 0 fully saturated rings. The van der Waals surface area contributed by atoms with Crippen molar-refractivity contribution < 1.29 is 4.79 Å². The van der Waals surface area contributed by atoms with Gasteiger partial charge in [0.05, 0.1) is 5.39 Å². The summed E-state index contributed by atoms with van der Waals surface area (Å²) in [6.45, 7) is 4.83. The number of aromatic nitrogens is 3. The normalized spacial score (nSPS) is 11.1. The number of rotatable bonds is 5. The Kier molecular flexibility index (Phi) is 4.75. The van der Waals surface area contributed by atoms with Crippen molar-refractivity contribution in [3.8, 4) is 0 Å². The van der Waals surface area contributed by atoms with Crippen molar-refractivity contribution in [3.63, 3.8) is 0 Å². The molecule has 0 radical (unpaired) electrons. The van der Waals surface area contributed by atoms with E-state index >= 15 is 0 Å². The maximum atomic E-state index is 12.1. The smallest absolute Gasteiger partial charge is 0.329 e. The number of carbonyl (C=O) groups is 1. The molecule has 2 N–H and O–H groups in total. The number of nitrogens with one attached hydrogen (secondary N) is 2. The Labute approximate surface area is 127 Å². The SMILES string of the molecule is CC(C)CCCNC(=O)c1ccc2c(=O)[nH]c(=O)n(C)c2n1. The average molecular weight is 304 g/mol. The fourth-order valence-electron chi connectivity index (χ4n) is 2.16. The number of carbonyl (C=O) groups excluding carboxylic acids is 1. The van der Waals surface area contributed by atoms with Gasteiger partial charge in [-0.1, -0.05) is 13.8 Å². The molecular formula is C15H20N4O3. The lowest BCUT2D eigenvalue weighted by molar-refractivity contribution is 0.0948. The van der Waals surface area contributed by atoms with Gasteiger partial charge in [0.25, 0.3) is 11.5 Å². The first-order chi connectivity index (χ1) is 10.4. The molecule has 7 heteroatoms. The molecule has 118 valence electrons. The van der Waals surface area contributed by atoms with Gasteiger partial charge in [0, 0.05) is 13.6 Å². The predicted molar refractivity (Wildman–Crippen MR) is 84.0 cm³/mol. The number of H-pyrrole nitrogens is 1. The molecule has 2 aromatic heterocycles. The minimum absolute atomic E-state index is 0.192. The summed E-state index contributed by atoms with van der Waals surface area (Å²) in [7, 11) is 1.50. The second-order valence-electron chi connectivity index (χ2n) is 5.68. The molecule has 0 saturated carbocycles. The first-order valence-corrected chi connectivity index (χ1v) is 7.28. The molecule has 0 saturated heterocycles. The van der Waals surface area contributed by atoms with E-state index in [1.807, 2.05) is 0 Å². The van der Waals surface area contributed by atoms with Gasteiger partial charge >= 0.3 is 5.69 Å². The maximum Gasteiger partial charge on any atom is 0.329 e. The molecule has 0 aromatic carbocycles. The van der Waals surface area contributed by atoms with Gasteiger partial charge in [0.2, 0.25) is 0 Å². The number of hydrogen-bond acceptors (Lipinski definition) is 4. The number of fused-ring (bicyclic) bond motifs is 1. The predicted octanol–water partition coefficient (Wildman–Crippen LogP) is 0.788. The summed E-state index contributed by atoms with van der Waals surface area (Å²) in [5, 5.41) is 3.07. The van der Waals surface area contributed by atoms with Crippen LogP contribution < -0.4 is 16.6 Å². The number of nitrogens with zero attached hydrogens (tertiary/aromatic N) is 2. The minimum atomic E-state index is -0.556. The van der Waals surface area contributed by atoms with Gasteiger partial charge in [0.1, 0.15) is 11.3 Å². The first-order valence-electron chi connectivity index (χ1n) is 7.28. The van der Waals surface area contributed by atoms with Gasteiger partial charge in [-0.25, -0.2) is 9.78 Å². The molecule has 1 amide bonds. The van der Waals surface area contributed by atoms with Gasteiger partial charge in [-0.2, -0.15) is 0 Å². The van der Waals surface area contributed by atoms with Crippen LogP contribution in [0.2, 0.25) is 0 Å². The van der Waals surface area contributed by atoms with E-state index in [9.17, 15) is 14.4 Å². The van der Waals surface area contributed by atoms with Crippen LogP contribution in [0.15, 0.2) is 21.7 Å². The van der Waals surface area contributed by atoms with E-state index in [4.69, 9.17) is 0 Å². The van der Waals surface area contributed by atoms with E-state index in [-0.39, 0.29) is 22.6 Å². The third-order valence-electron chi connectivity index (χ3n) is 3.44. The second-order valence-corrected chi connectivity index (χ2v) is 5.68. The molecule has 0 atom stereocenters. The standard InChI is InChI=1S/C15H20N4O3/c1-9(2)5-4-8-16-14(21)11-7-6-10-12(17-11)19(3)15(22)18-13(10)20/h6-7,9H,4-5,8H2,1-3H3,(H,16,21)(H,18,20,22). The lowest BCUT2D eigenvalue weighted by atomic mass is 10.1. The van der Waals surface area contributed by atoms with Crippen molar-refractivity contribution in [2.75, 3.05) is 6.54 Å². The third kappa shape index (κ3) is 3.41. The van der Waals surface area contributed by atoms with Crippen molar-refractivity contribution in [1.29, 1.82) is 0 Å². The number of amides is 1. The molecule has 0 aliphatic carbocycles. The van der Waals surface area contributed by atoms with Gasteiger partial charge in [-0.15, -0.1) is 0 Å². The average Bonchev–Trinajstić information content (AvgIpc) is 2.48. The molecule has 2 aromatic rings. The highest BCUT2D eigenvalue weighted by molar-refractivity contribution is 5.94. The summed E-state index contributed by atoms with van der Waals surface area (Å²) in [4.78, 5) is 41.7. The van der Waals surface area contributed by atoms with Crippen molar-refractivity contribution >= 4 is 16.9 Å². The van der Waals surface area contributed by atoms with Crippen LogP contribution in [0.25, 0.3) is 11.0 Å². The number of aromatic amines is 1. The Morgan fingerprint density at radius 3 is 2.77 bits per heavy atom. The van der Waals surface area contributed by atoms with Crippen LogP contribution in [-0.4, -0.2) is 27.0 Å². The van der Waals surface area contributed by atoms with E-state index < -0.39 is 11.2 Å². The van der Waals surface area contributed by atoms with Gasteiger partial charge in [0.15, 0.2) is 0 Å². The van der Waals surface area contributed by atoms with Crippen LogP contribution in [0.3, 0.4) is 0 Å². The van der Waals surface area contributed by atoms with Gasteiger partial charge < -0.3 is 5.32 Å². The Balaban J connectivity index is 2.22. The summed E-state index contributed by atoms with van der Waals surface area (Å²) in [6.07, 6.45) is 1.93. The zero-order valence-corrected chi connectivity index (χ0v) is 13.0. The molecule has 2 rings (SSSR count). The van der Waals surface area contributed by atoms with E-state index in [1.54, 1.807) is 0 Å². The molecule has 0 aliphatic rings. The van der Waals surface area contributed by atoms with E-state index in [0.29, 0.717) is 12.5 Å². The van der Waals surface area contributed by atoms with Crippen LogP contribution in [0.5, 0.6) is 0 Å². The molecule has 0 spiro atoms. The number of pyridine rings is 1. The Hall–Kier alpha value is -2.44. The number of hydrogen-bond donors (Lipinski definition) is 2. The van der Waals surface area contributed by atoms with Crippen LogP contribution in [0, 0.1) is 5.92 Å². The summed E-state index contributed by atoms with van der Waals surface area (Å²) in [5.74, 6) is 0.287. The fraction of sp³-hybridized carbons (Fsp3) is 0.467. The Bertz CT molecular complexity index is 805. The van der Waals surface area contributed by atoms with Crippen molar-refractivity contribution in [2.24, 2.45) is 13.0 Å².